The van der Waals surface area contributed by atoms with E-state index in [1.165, 1.54) is 23.3 Å². The lowest BCUT2D eigenvalue weighted by molar-refractivity contribution is -0.146. The zero-order chi connectivity index (χ0) is 29.1. The molecule has 41 heavy (non-hydrogen) atoms. The Morgan fingerprint density at radius 3 is 2.51 bits per heavy atom. The van der Waals surface area contributed by atoms with Gasteiger partial charge in [-0.25, -0.2) is 0 Å². The summed E-state index contributed by atoms with van der Waals surface area (Å²) in [6.45, 7) is 1.86. The third-order valence-electron chi connectivity index (χ3n) is 7.20. The van der Waals surface area contributed by atoms with Crippen molar-refractivity contribution in [1.82, 2.24) is 15.4 Å². The van der Waals surface area contributed by atoms with Crippen molar-refractivity contribution in [2.45, 2.75) is 32.0 Å². The van der Waals surface area contributed by atoms with Gasteiger partial charge in [0, 0.05) is 17.0 Å². The zero-order valence-corrected chi connectivity index (χ0v) is 24.2. The molecule has 2 amide bonds. The van der Waals surface area contributed by atoms with E-state index >= 15 is 0 Å². The number of amides is 2. The first kappa shape index (κ1) is 28.4. The molecule has 3 atom stereocenters. The first-order chi connectivity index (χ1) is 19.8. The van der Waals surface area contributed by atoms with Crippen molar-refractivity contribution in [2.75, 3.05) is 14.2 Å². The maximum absolute atomic E-state index is 14.5. The van der Waals surface area contributed by atoms with Crippen LogP contribution in [-0.2, 0) is 20.9 Å². The number of ether oxygens (including phenoxy) is 2. The maximum atomic E-state index is 14.5. The Hall–Kier alpha value is -4.15. The highest BCUT2D eigenvalue weighted by atomic mass is 35.5. The third-order valence-corrected chi connectivity index (χ3v) is 8.47. The molecule has 1 aliphatic rings. The van der Waals surface area contributed by atoms with E-state index in [1.807, 2.05) is 29.6 Å². The van der Waals surface area contributed by atoms with Crippen LogP contribution < -0.4 is 10.1 Å². The van der Waals surface area contributed by atoms with Gasteiger partial charge in [-0.1, -0.05) is 53.2 Å². The second-order valence-electron chi connectivity index (χ2n) is 9.56. The van der Waals surface area contributed by atoms with Crippen LogP contribution in [0.5, 0.6) is 5.75 Å². The van der Waals surface area contributed by atoms with E-state index < -0.39 is 35.8 Å². The Labute approximate surface area is 246 Å². The summed E-state index contributed by atoms with van der Waals surface area (Å²) in [6, 6.07) is 16.3. The van der Waals surface area contributed by atoms with Crippen LogP contribution in [0.4, 0.5) is 0 Å². The van der Waals surface area contributed by atoms with Crippen molar-refractivity contribution in [3.63, 3.8) is 0 Å². The van der Waals surface area contributed by atoms with Crippen LogP contribution in [0.25, 0.3) is 11.3 Å². The normalized spacial score (nSPS) is 18.2. The van der Waals surface area contributed by atoms with E-state index in [1.54, 1.807) is 50.4 Å². The Balaban J connectivity index is 1.54. The van der Waals surface area contributed by atoms with Crippen LogP contribution in [0.1, 0.15) is 39.0 Å². The van der Waals surface area contributed by atoms with Crippen molar-refractivity contribution in [2.24, 2.45) is 5.92 Å². The largest absolute Gasteiger partial charge is 0.497 e. The Bertz CT molecular complexity index is 1550. The number of aromatic nitrogens is 1. The van der Waals surface area contributed by atoms with Gasteiger partial charge in [-0.15, -0.1) is 11.3 Å². The summed E-state index contributed by atoms with van der Waals surface area (Å²) in [6.07, 6.45) is 0.0845. The molecule has 11 heteroatoms. The molecule has 9 nitrogen and oxygen atoms in total. The van der Waals surface area contributed by atoms with Crippen molar-refractivity contribution in [1.29, 1.82) is 0 Å². The highest BCUT2D eigenvalue weighted by Gasteiger charge is 2.52. The van der Waals surface area contributed by atoms with Gasteiger partial charge in [-0.2, -0.15) is 0 Å². The van der Waals surface area contributed by atoms with E-state index in [0.29, 0.717) is 16.3 Å². The molecule has 5 rings (SSSR count). The number of hydrogen-bond donors (Lipinski definition) is 1. The van der Waals surface area contributed by atoms with E-state index in [4.69, 9.17) is 25.6 Å². The number of carbonyl (C=O) groups excluding carboxylic acids is 3. The SMILES string of the molecule is COC(=O)C1CC(C(=O)NCc2ccc(OC)cc2)N(C(=O)c2c(-c3ccccc3Cl)noc2C)C1c1cccs1. The zero-order valence-electron chi connectivity index (χ0n) is 22.6. The summed E-state index contributed by atoms with van der Waals surface area (Å²) >= 11 is 7.86. The molecule has 3 heterocycles. The summed E-state index contributed by atoms with van der Waals surface area (Å²) < 4.78 is 15.8. The van der Waals surface area contributed by atoms with Crippen molar-refractivity contribution < 1.29 is 28.4 Å². The third kappa shape index (κ3) is 5.57. The van der Waals surface area contributed by atoms with Gasteiger partial charge in [-0.3, -0.25) is 14.4 Å². The molecule has 0 spiro atoms. The number of thiophene rings is 1. The number of nitrogens with one attached hydrogen (secondary N) is 1. The number of hydrogen-bond acceptors (Lipinski definition) is 8. The number of methoxy groups -OCH3 is 2. The minimum Gasteiger partial charge on any atom is -0.497 e. The maximum Gasteiger partial charge on any atom is 0.311 e. The number of carbonyl (C=O) groups is 3. The van der Waals surface area contributed by atoms with Crippen LogP contribution in [0, 0.1) is 12.8 Å². The lowest BCUT2D eigenvalue weighted by Gasteiger charge is -2.30. The first-order valence-electron chi connectivity index (χ1n) is 12.9. The summed E-state index contributed by atoms with van der Waals surface area (Å²) in [4.78, 5) is 43.5. The predicted octanol–water partition coefficient (Wildman–Crippen LogP) is 5.43. The monoisotopic (exact) mass is 593 g/mol. The second-order valence-corrected chi connectivity index (χ2v) is 10.9. The van der Waals surface area contributed by atoms with Crippen LogP contribution in [-0.4, -0.2) is 48.1 Å². The molecule has 0 saturated carbocycles. The second kappa shape index (κ2) is 12.2. The molecule has 1 fully saturated rings. The van der Waals surface area contributed by atoms with Crippen molar-refractivity contribution >= 4 is 40.7 Å². The molecule has 0 aliphatic carbocycles. The lowest BCUT2D eigenvalue weighted by Crippen LogP contribution is -2.46. The van der Waals surface area contributed by atoms with Gasteiger partial charge in [0.15, 0.2) is 0 Å². The highest BCUT2D eigenvalue weighted by molar-refractivity contribution is 7.10. The summed E-state index contributed by atoms with van der Waals surface area (Å²) in [5.74, 6) is -1.17. The molecule has 0 bridgehead atoms. The molecule has 212 valence electrons. The van der Waals surface area contributed by atoms with Crippen molar-refractivity contribution in [3.8, 4) is 17.0 Å². The molecular weight excluding hydrogens is 566 g/mol. The summed E-state index contributed by atoms with van der Waals surface area (Å²) in [5.41, 5.74) is 1.82. The van der Waals surface area contributed by atoms with Gasteiger partial charge >= 0.3 is 5.97 Å². The lowest BCUT2D eigenvalue weighted by atomic mass is 9.97. The van der Waals surface area contributed by atoms with Gasteiger partial charge in [0.25, 0.3) is 5.91 Å². The Kier molecular flexibility index (Phi) is 8.41. The van der Waals surface area contributed by atoms with Crippen LogP contribution in [0.15, 0.2) is 70.6 Å². The van der Waals surface area contributed by atoms with Crippen LogP contribution in [0.2, 0.25) is 5.02 Å². The highest BCUT2D eigenvalue weighted by Crippen LogP contribution is 2.45. The van der Waals surface area contributed by atoms with Crippen molar-refractivity contribution in [3.05, 3.63) is 92.8 Å². The van der Waals surface area contributed by atoms with E-state index in [2.05, 4.69) is 10.5 Å². The standard InChI is InChI=1S/C30H28ClN3O6S/c1-17-25(26(33-40-17)20-7-4-5-8-22(20)31)29(36)34-23(28(35)32-16-18-10-12-19(38-2)13-11-18)15-21(30(37)39-3)27(34)24-9-6-14-41-24/h4-14,21,23,27H,15-16H2,1-3H3,(H,32,35). The molecule has 1 saturated heterocycles. The number of benzene rings is 2. The number of likely N-dealkylation sites (tertiary alicyclic amines) is 1. The van der Waals surface area contributed by atoms with Gasteiger partial charge in [0.2, 0.25) is 5.91 Å². The number of halogens is 1. The summed E-state index contributed by atoms with van der Waals surface area (Å²) in [5, 5.41) is 9.35. The number of nitrogens with zero attached hydrogens (tertiary/aromatic N) is 2. The fourth-order valence-electron chi connectivity index (χ4n) is 5.18. The van der Waals surface area contributed by atoms with Gasteiger partial charge in [0.1, 0.15) is 28.8 Å². The Morgan fingerprint density at radius 2 is 1.85 bits per heavy atom. The first-order valence-corrected chi connectivity index (χ1v) is 14.2. The average molecular weight is 594 g/mol. The predicted molar refractivity (Wildman–Crippen MR) is 154 cm³/mol. The van der Waals surface area contributed by atoms with E-state index in [0.717, 1.165) is 10.4 Å². The molecule has 1 N–H and O–H groups in total. The Morgan fingerprint density at radius 1 is 1.10 bits per heavy atom. The topological polar surface area (TPSA) is 111 Å². The van der Waals surface area contributed by atoms with Crippen LogP contribution >= 0.6 is 22.9 Å². The van der Waals surface area contributed by atoms with E-state index in [9.17, 15) is 14.4 Å². The molecule has 0 radical (unpaired) electrons. The molecule has 2 aromatic heterocycles. The number of esters is 1. The van der Waals surface area contributed by atoms with Gasteiger partial charge in [-0.05, 0) is 48.6 Å². The quantitative estimate of drug-likeness (QED) is 0.271. The number of rotatable bonds is 8. The fraction of sp³-hybridized carbons (Fsp3) is 0.267. The van der Waals surface area contributed by atoms with Gasteiger partial charge in [0.05, 0.1) is 31.2 Å². The number of aryl methyl sites for hydroxylation is 1. The molecular formula is C30H28ClN3O6S. The van der Waals surface area contributed by atoms with E-state index in [-0.39, 0.29) is 30.0 Å². The molecule has 3 unspecified atom stereocenters. The smallest absolute Gasteiger partial charge is 0.311 e. The van der Waals surface area contributed by atoms with Gasteiger partial charge < -0.3 is 24.2 Å². The minimum absolute atomic E-state index is 0.0845. The molecule has 2 aromatic carbocycles. The average Bonchev–Trinajstić information content (AvgIpc) is 3.74. The minimum atomic E-state index is -0.967. The summed E-state index contributed by atoms with van der Waals surface area (Å²) in [7, 11) is 2.88. The fourth-order valence-corrected chi connectivity index (χ4v) is 6.30. The molecule has 1 aliphatic heterocycles. The van der Waals surface area contributed by atoms with Crippen LogP contribution in [0.3, 0.4) is 0 Å². The molecule has 4 aromatic rings.